The molecule has 0 aliphatic carbocycles. The highest BCUT2D eigenvalue weighted by atomic mass is 19.1. The molecule has 0 aliphatic rings. The lowest BCUT2D eigenvalue weighted by Crippen LogP contribution is -1.91. The molecule has 0 aliphatic heterocycles. The Labute approximate surface area is 680 Å². The molecule has 10 rings (SSSR count). The molecule has 1 unspecified atom stereocenters. The summed E-state index contributed by atoms with van der Waals surface area (Å²) in [6.07, 6.45) is 52.1. The average molecular weight is 1530 g/mol. The monoisotopic (exact) mass is 1520 g/mol. The van der Waals surface area contributed by atoms with Gasteiger partial charge in [0.25, 0.3) is 0 Å². The van der Waals surface area contributed by atoms with E-state index in [2.05, 4.69) is 319 Å². The number of nitrogens with zero attached hydrogens (tertiary/aromatic N) is 9. The van der Waals surface area contributed by atoms with E-state index in [9.17, 15) is 8.78 Å². The number of aryl methyl sites for hydroxylation is 3. The number of fused-ring (bicyclic) bond motifs is 1. The van der Waals surface area contributed by atoms with Gasteiger partial charge in [-0.25, -0.2) is 23.7 Å². The fraction of sp³-hybridized carbons (Fsp3) is 0.337. The number of hydrogen-bond donors (Lipinski definition) is 0. The van der Waals surface area contributed by atoms with Gasteiger partial charge in [0.2, 0.25) is 0 Å². The highest BCUT2D eigenvalue weighted by molar-refractivity contribution is 5.81. The molecule has 0 spiro atoms. The minimum atomic E-state index is -0.360. The quantitative estimate of drug-likeness (QED) is 0.0642. The van der Waals surface area contributed by atoms with Crippen LogP contribution in [-0.4, -0.2) is 52.2 Å². The first-order valence-corrected chi connectivity index (χ1v) is 39.7. The Hall–Kier alpha value is -10.9. The smallest absolute Gasteiger partial charge is 0.152 e. The number of halogens is 2. The molecule has 12 heteroatoms. The van der Waals surface area contributed by atoms with Crippen molar-refractivity contribution in [3.8, 4) is 5.75 Å². The van der Waals surface area contributed by atoms with Crippen LogP contribution in [0.4, 0.5) is 8.78 Å². The molecular weight excluding hydrogens is 1390 g/mol. The Morgan fingerprint density at radius 1 is 0.345 bits per heavy atom. The molecular formula is C101H131F2N9O. The zero-order valence-electron chi connectivity index (χ0n) is 72.0. The van der Waals surface area contributed by atoms with Crippen LogP contribution in [0.25, 0.3) is 53.4 Å². The van der Waals surface area contributed by atoms with Gasteiger partial charge in [-0.1, -0.05) is 289 Å². The zero-order chi connectivity index (χ0) is 83.7. The van der Waals surface area contributed by atoms with E-state index < -0.39 is 0 Å². The highest BCUT2D eigenvalue weighted by Crippen LogP contribution is 2.19. The topological polar surface area (TPSA) is 125 Å². The summed E-state index contributed by atoms with van der Waals surface area (Å²) in [6.45, 7) is 46.6. The van der Waals surface area contributed by atoms with Gasteiger partial charge in [-0.3, -0.25) is 19.9 Å². The first-order chi connectivity index (χ1) is 53.9. The second-order valence-electron chi connectivity index (χ2n) is 30.3. The third-order valence-corrected chi connectivity index (χ3v) is 15.1. The van der Waals surface area contributed by atoms with Crippen molar-refractivity contribution in [3.05, 3.63) is 341 Å². The van der Waals surface area contributed by atoms with Crippen molar-refractivity contribution in [2.75, 3.05) is 7.11 Å². The summed E-state index contributed by atoms with van der Waals surface area (Å²) in [5.41, 5.74) is 12.1. The van der Waals surface area contributed by atoms with E-state index in [1.165, 1.54) is 58.6 Å². The van der Waals surface area contributed by atoms with Crippen molar-refractivity contribution in [3.63, 3.8) is 0 Å². The molecule has 10 aromatic rings. The number of hydrogen-bond acceptors (Lipinski definition) is 10. The summed E-state index contributed by atoms with van der Waals surface area (Å²) in [7, 11) is 1.49. The molecule has 3 aromatic carbocycles. The van der Waals surface area contributed by atoms with Gasteiger partial charge in [0, 0.05) is 54.8 Å². The number of methoxy groups -OCH3 is 1. The van der Waals surface area contributed by atoms with Crippen LogP contribution in [0, 0.1) is 85.7 Å². The first kappa shape index (κ1) is 98.2. The maximum Gasteiger partial charge on any atom is 0.152 e. The van der Waals surface area contributed by atoms with Crippen LogP contribution in [0.3, 0.4) is 0 Å². The minimum absolute atomic E-state index is 0.253. The van der Waals surface area contributed by atoms with Crippen molar-refractivity contribution in [1.82, 2.24) is 45.1 Å². The second kappa shape index (κ2) is 59.0. The SMILES string of the molecule is CC(C)/C=C/C(C)c1ccccc1.CC(C)/C=C/Cc1ccccc1.CC(C)/C=C/c1ccc2ncccc2c1.CC(C)/C=C/c1cccnn1.CC(C)/C=C/c1ncccn1.COc1cnc(/C=C/C(C)C)c(F)c1.Cc1ccc(/C=C/C(C)C)nc1.Cc1ccc(/C=C/C(C)C)nc1.Cc1cnc(/C=C/C(C)C)c(F)c1. The Kier molecular flexibility index (Phi) is 51.3. The van der Waals surface area contributed by atoms with E-state index in [1.807, 2.05) is 128 Å². The highest BCUT2D eigenvalue weighted by Gasteiger charge is 2.04. The van der Waals surface area contributed by atoms with E-state index in [-0.39, 0.29) is 11.6 Å². The van der Waals surface area contributed by atoms with Crippen LogP contribution < -0.4 is 4.74 Å². The van der Waals surface area contributed by atoms with Crippen molar-refractivity contribution >= 4 is 53.4 Å². The van der Waals surface area contributed by atoms with Gasteiger partial charge >= 0.3 is 0 Å². The molecule has 0 fully saturated rings. The number of ether oxygens (including phenoxy) is 1. The number of allylic oxidation sites excluding steroid dienone is 11. The van der Waals surface area contributed by atoms with Crippen LogP contribution in [-0.2, 0) is 6.42 Å². The lowest BCUT2D eigenvalue weighted by Gasteiger charge is -2.06. The Morgan fingerprint density at radius 2 is 0.796 bits per heavy atom. The van der Waals surface area contributed by atoms with Gasteiger partial charge in [-0.05, 0) is 211 Å². The van der Waals surface area contributed by atoms with Gasteiger partial charge in [-0.15, -0.1) is 0 Å². The van der Waals surface area contributed by atoms with Crippen molar-refractivity contribution in [2.45, 2.75) is 165 Å². The van der Waals surface area contributed by atoms with E-state index in [1.54, 1.807) is 36.9 Å². The standard InChI is InChI=1S/C14H15N.C13H18.C12H16.C11H14FNO.C11H14FN.2C11H15N.2C9H12N2/c1-11(2)5-6-12-7-8-14-13(10-12)4-3-9-15-14;1-11(2)9-10-12(3)13-7-5-4-6-8-13;1-11(2)7-6-10-12-8-4-3-5-9-12;1-8(2)4-5-11-10(12)6-9(14-3)7-13-11;1-8(2)4-5-11-10(12)6-9(3)7-13-11;2*1-9(2)4-6-11-7-5-10(3)8-12-11;1-8(2)4-5-9-10-6-3-7-11-9;1-8(2)5-6-9-4-3-7-10-11-9/h3-11H,1-2H3;4-12H,1-3H3;3-9,11H,10H2,1-2H3;4-8H,1-3H3;4-8H,1-3H3;2*4-9H,1-3H3;2*3-8H,1-2H3/b6-5+;10-9+;7-6+;2*5-4+;2*6-4+;5-4+;6-5+. The maximum absolute atomic E-state index is 13.3. The van der Waals surface area contributed by atoms with Gasteiger partial charge < -0.3 is 4.74 Å². The molecule has 7 heterocycles. The summed E-state index contributed by atoms with van der Waals surface area (Å²) in [5, 5.41) is 8.87. The summed E-state index contributed by atoms with van der Waals surface area (Å²) in [6, 6.07) is 48.2. The predicted octanol–water partition coefficient (Wildman–Crippen LogP) is 27.9. The van der Waals surface area contributed by atoms with Crippen molar-refractivity contribution in [1.29, 1.82) is 0 Å². The van der Waals surface area contributed by atoms with Crippen LogP contribution in [0.1, 0.15) is 205 Å². The molecule has 10 nitrogen and oxygen atoms in total. The van der Waals surface area contributed by atoms with Crippen LogP contribution >= 0.6 is 0 Å². The molecule has 0 saturated carbocycles. The average Bonchev–Trinajstić information content (AvgIpc) is 0.823. The van der Waals surface area contributed by atoms with Gasteiger partial charge in [0.05, 0.1) is 47.3 Å². The number of pyridine rings is 5. The number of rotatable bonds is 21. The molecule has 0 bridgehead atoms. The summed E-state index contributed by atoms with van der Waals surface area (Å²) in [5.74, 6) is 6.14. The minimum Gasteiger partial charge on any atom is -0.495 e. The number of benzene rings is 3. The van der Waals surface area contributed by atoms with Crippen molar-refractivity contribution < 1.29 is 13.5 Å². The van der Waals surface area contributed by atoms with E-state index >= 15 is 0 Å². The van der Waals surface area contributed by atoms with Gasteiger partial charge in [-0.2, -0.15) is 10.2 Å². The molecule has 0 radical (unpaired) electrons. The lowest BCUT2D eigenvalue weighted by atomic mass is 9.99. The Morgan fingerprint density at radius 3 is 1.27 bits per heavy atom. The fourth-order valence-electron chi connectivity index (χ4n) is 8.85. The van der Waals surface area contributed by atoms with E-state index in [0.717, 1.165) is 40.4 Å². The summed E-state index contributed by atoms with van der Waals surface area (Å²) in [4.78, 5) is 28.8. The normalized spacial score (nSPS) is 11.6. The third kappa shape index (κ3) is 51.4. The molecule has 7 aromatic heterocycles. The lowest BCUT2D eigenvalue weighted by molar-refractivity contribution is 0.408. The predicted molar refractivity (Wildman–Crippen MR) is 483 cm³/mol. The van der Waals surface area contributed by atoms with Crippen molar-refractivity contribution in [2.24, 2.45) is 53.3 Å². The summed E-state index contributed by atoms with van der Waals surface area (Å²) >= 11 is 0. The van der Waals surface area contributed by atoms with E-state index in [4.69, 9.17) is 4.74 Å². The number of aromatic nitrogens is 9. The zero-order valence-corrected chi connectivity index (χ0v) is 72.0. The largest absolute Gasteiger partial charge is 0.495 e. The van der Waals surface area contributed by atoms with Gasteiger partial charge in [0.1, 0.15) is 11.6 Å². The molecule has 0 N–H and O–H groups in total. The second-order valence-corrected chi connectivity index (χ2v) is 30.3. The first-order valence-electron chi connectivity index (χ1n) is 39.7. The van der Waals surface area contributed by atoms with Gasteiger partial charge in [0.15, 0.2) is 11.6 Å². The fourth-order valence-corrected chi connectivity index (χ4v) is 8.85. The maximum atomic E-state index is 13.3. The van der Waals surface area contributed by atoms with Crippen LogP contribution in [0.5, 0.6) is 5.75 Å². The molecule has 0 amide bonds. The molecule has 113 heavy (non-hydrogen) atoms. The molecule has 1 atom stereocenters. The van der Waals surface area contributed by atoms with Crippen LogP contribution in [0.2, 0.25) is 0 Å². The third-order valence-electron chi connectivity index (χ3n) is 15.1. The Bertz CT molecular complexity index is 4270. The van der Waals surface area contributed by atoms with Crippen LogP contribution in [0.15, 0.2) is 262 Å². The molecule has 600 valence electrons. The van der Waals surface area contributed by atoms with E-state index in [0.29, 0.717) is 76.3 Å². The summed E-state index contributed by atoms with van der Waals surface area (Å²) < 4.78 is 31.3. The Balaban J connectivity index is 0.000000432. The molecule has 0 saturated heterocycles.